The minimum Gasteiger partial charge on any atom is -0.481 e. The Morgan fingerprint density at radius 3 is 2.80 bits per heavy atom. The number of aliphatic carboxylic acids is 1. The molecule has 5 nitrogen and oxygen atoms in total. The summed E-state index contributed by atoms with van der Waals surface area (Å²) in [4.78, 5) is 30.7. The van der Waals surface area contributed by atoms with E-state index in [1.165, 1.54) is 28.0 Å². The zero-order chi connectivity index (χ0) is 17.7. The molecule has 3 aromatic rings. The summed E-state index contributed by atoms with van der Waals surface area (Å²) in [5.74, 6) is -1.31. The molecule has 4 rings (SSSR count). The molecule has 1 aliphatic rings. The molecule has 1 atom stereocenters. The lowest BCUT2D eigenvalue weighted by Gasteiger charge is -2.11. The first-order valence-electron chi connectivity index (χ1n) is 7.95. The summed E-state index contributed by atoms with van der Waals surface area (Å²) < 4.78 is 14.6. The van der Waals surface area contributed by atoms with Crippen molar-refractivity contribution in [1.29, 1.82) is 0 Å². The summed E-state index contributed by atoms with van der Waals surface area (Å²) in [5.41, 5.74) is 1.20. The monoisotopic (exact) mass is 358 g/mol. The van der Waals surface area contributed by atoms with Crippen LogP contribution in [0.5, 0.6) is 0 Å². The Bertz CT molecular complexity index is 1050. The van der Waals surface area contributed by atoms with Gasteiger partial charge in [-0.25, -0.2) is 9.37 Å². The summed E-state index contributed by atoms with van der Waals surface area (Å²) in [6.07, 6.45) is 1.20. The third kappa shape index (κ3) is 2.55. The van der Waals surface area contributed by atoms with Gasteiger partial charge in [0.2, 0.25) is 0 Å². The predicted octanol–water partition coefficient (Wildman–Crippen LogP) is 3.07. The highest BCUT2D eigenvalue weighted by atomic mass is 32.1. The molecule has 1 aliphatic carbocycles. The third-order valence-electron chi connectivity index (χ3n) is 4.68. The molecule has 0 amide bonds. The molecule has 0 aliphatic heterocycles. The number of hydrogen-bond donors (Lipinski definition) is 1. The fraction of sp³-hybridized carbons (Fsp3) is 0.278. The molecule has 25 heavy (non-hydrogen) atoms. The summed E-state index contributed by atoms with van der Waals surface area (Å²) in [6, 6.07) is 5.96. The van der Waals surface area contributed by atoms with Crippen molar-refractivity contribution < 1.29 is 14.3 Å². The lowest BCUT2D eigenvalue weighted by atomic mass is 10.0. The van der Waals surface area contributed by atoms with Crippen molar-refractivity contribution in [2.45, 2.75) is 32.2 Å². The second-order valence-electron chi connectivity index (χ2n) is 6.23. The molecule has 0 radical (unpaired) electrons. The van der Waals surface area contributed by atoms with Gasteiger partial charge in [-0.05, 0) is 43.0 Å². The van der Waals surface area contributed by atoms with Gasteiger partial charge >= 0.3 is 5.97 Å². The molecule has 128 valence electrons. The topological polar surface area (TPSA) is 72.2 Å². The van der Waals surface area contributed by atoms with Crippen LogP contribution < -0.4 is 5.56 Å². The van der Waals surface area contributed by atoms with E-state index in [0.717, 1.165) is 10.4 Å². The highest BCUT2D eigenvalue weighted by Crippen LogP contribution is 2.42. The van der Waals surface area contributed by atoms with Crippen LogP contribution >= 0.6 is 11.3 Å². The van der Waals surface area contributed by atoms with Crippen LogP contribution in [0.3, 0.4) is 0 Å². The number of carboxylic acid groups (broad SMARTS) is 1. The Hall–Kier alpha value is -2.54. The number of thiophene rings is 1. The Morgan fingerprint density at radius 2 is 2.12 bits per heavy atom. The smallest absolute Gasteiger partial charge is 0.311 e. The molecular formula is C18H15FN2O3S. The molecule has 1 N–H and O–H groups in total. The molecule has 0 saturated carbocycles. The third-order valence-corrected chi connectivity index (χ3v) is 5.84. The number of fused-ring (bicyclic) bond motifs is 3. The Morgan fingerprint density at radius 1 is 1.40 bits per heavy atom. The number of carboxylic acids is 1. The first-order chi connectivity index (χ1) is 12.0. The first kappa shape index (κ1) is 16.0. The van der Waals surface area contributed by atoms with Gasteiger partial charge in [0, 0.05) is 4.88 Å². The van der Waals surface area contributed by atoms with E-state index in [2.05, 4.69) is 4.98 Å². The van der Waals surface area contributed by atoms with Crippen molar-refractivity contribution >= 4 is 27.5 Å². The van der Waals surface area contributed by atoms with Gasteiger partial charge in [-0.15, -0.1) is 11.3 Å². The van der Waals surface area contributed by atoms with Crippen molar-refractivity contribution in [2.24, 2.45) is 0 Å². The summed E-state index contributed by atoms with van der Waals surface area (Å²) in [6.45, 7) is 2.03. The number of nitrogens with zero attached hydrogens (tertiary/aromatic N) is 2. The lowest BCUT2D eigenvalue weighted by Crippen LogP contribution is -2.25. The fourth-order valence-electron chi connectivity index (χ4n) is 3.43. The number of aromatic nitrogens is 2. The fourth-order valence-corrected chi connectivity index (χ4v) is 4.72. The van der Waals surface area contributed by atoms with Crippen molar-refractivity contribution in [3.63, 3.8) is 0 Å². The van der Waals surface area contributed by atoms with Crippen LogP contribution in [0.15, 0.2) is 29.1 Å². The van der Waals surface area contributed by atoms with Crippen LogP contribution in [0.25, 0.3) is 10.2 Å². The molecular weight excluding hydrogens is 343 g/mol. The molecule has 0 spiro atoms. The molecule has 7 heteroatoms. The number of benzene rings is 1. The largest absolute Gasteiger partial charge is 0.481 e. The number of hydrogen-bond acceptors (Lipinski definition) is 4. The zero-order valence-corrected chi connectivity index (χ0v) is 14.3. The van der Waals surface area contributed by atoms with Crippen LogP contribution in [-0.4, -0.2) is 20.6 Å². The average Bonchev–Trinajstić information content (AvgIpc) is 3.11. The maximum Gasteiger partial charge on any atom is 0.311 e. The van der Waals surface area contributed by atoms with Gasteiger partial charge in [0.25, 0.3) is 5.56 Å². The van der Waals surface area contributed by atoms with Crippen LogP contribution in [0.1, 0.15) is 34.2 Å². The summed E-state index contributed by atoms with van der Waals surface area (Å²) in [5, 5.41) is 9.88. The van der Waals surface area contributed by atoms with Gasteiger partial charge in [0.15, 0.2) is 0 Å². The van der Waals surface area contributed by atoms with Crippen molar-refractivity contribution in [3.8, 4) is 0 Å². The number of aryl methyl sites for hydroxylation is 2. The van der Waals surface area contributed by atoms with E-state index in [1.54, 1.807) is 19.1 Å². The van der Waals surface area contributed by atoms with Crippen LogP contribution in [0, 0.1) is 12.7 Å². The SMILES string of the molecule is Cc1nc2sc3c(c2c(=O)n1Cc1ccc(F)cc1)C(C(=O)O)CC3. The maximum absolute atomic E-state index is 13.1. The number of halogens is 1. The van der Waals surface area contributed by atoms with Crippen molar-refractivity contribution in [1.82, 2.24) is 9.55 Å². The molecule has 1 unspecified atom stereocenters. The van der Waals surface area contributed by atoms with Gasteiger partial charge in [-0.3, -0.25) is 14.2 Å². The Balaban J connectivity index is 1.89. The second-order valence-corrected chi connectivity index (χ2v) is 7.31. The molecule has 0 fully saturated rings. The highest BCUT2D eigenvalue weighted by Gasteiger charge is 2.34. The minimum absolute atomic E-state index is 0.225. The summed E-state index contributed by atoms with van der Waals surface area (Å²) in [7, 11) is 0. The van der Waals surface area contributed by atoms with E-state index in [1.807, 2.05) is 0 Å². The average molecular weight is 358 g/mol. The van der Waals surface area contributed by atoms with E-state index in [0.29, 0.717) is 34.4 Å². The summed E-state index contributed by atoms with van der Waals surface area (Å²) >= 11 is 1.42. The van der Waals surface area contributed by atoms with Gasteiger partial charge in [0.1, 0.15) is 16.5 Å². The standard InChI is InChI=1S/C18H15FN2O3S/c1-9-20-16-15(14-12(18(23)24)6-7-13(14)25-16)17(22)21(9)8-10-2-4-11(19)5-3-10/h2-5,12H,6-8H2,1H3,(H,23,24). The highest BCUT2D eigenvalue weighted by molar-refractivity contribution is 7.18. The van der Waals surface area contributed by atoms with Gasteiger partial charge in [-0.2, -0.15) is 0 Å². The lowest BCUT2D eigenvalue weighted by molar-refractivity contribution is -0.138. The Labute approximate surface area is 146 Å². The molecule has 0 saturated heterocycles. The van der Waals surface area contributed by atoms with Crippen molar-refractivity contribution in [3.05, 3.63) is 62.3 Å². The van der Waals surface area contributed by atoms with E-state index in [4.69, 9.17) is 0 Å². The van der Waals surface area contributed by atoms with E-state index in [-0.39, 0.29) is 17.9 Å². The molecule has 2 aromatic heterocycles. The first-order valence-corrected chi connectivity index (χ1v) is 8.77. The second kappa shape index (κ2) is 5.77. The number of carbonyl (C=O) groups is 1. The maximum atomic E-state index is 13.1. The predicted molar refractivity (Wildman–Crippen MR) is 92.8 cm³/mol. The van der Waals surface area contributed by atoms with E-state index >= 15 is 0 Å². The van der Waals surface area contributed by atoms with Crippen LogP contribution in [-0.2, 0) is 17.8 Å². The number of rotatable bonds is 3. The Kier molecular flexibility index (Phi) is 3.68. The van der Waals surface area contributed by atoms with E-state index < -0.39 is 11.9 Å². The molecule has 1 aromatic carbocycles. The normalized spacial score (nSPS) is 16.3. The minimum atomic E-state index is -0.900. The quantitative estimate of drug-likeness (QED) is 0.781. The molecule has 0 bridgehead atoms. The van der Waals surface area contributed by atoms with Gasteiger partial charge < -0.3 is 5.11 Å². The van der Waals surface area contributed by atoms with Gasteiger partial charge in [0.05, 0.1) is 17.8 Å². The van der Waals surface area contributed by atoms with Crippen molar-refractivity contribution in [2.75, 3.05) is 0 Å². The van der Waals surface area contributed by atoms with Gasteiger partial charge in [-0.1, -0.05) is 12.1 Å². The zero-order valence-electron chi connectivity index (χ0n) is 13.5. The molecule has 2 heterocycles. The van der Waals surface area contributed by atoms with Crippen LogP contribution in [0.4, 0.5) is 4.39 Å². The van der Waals surface area contributed by atoms with Crippen LogP contribution in [0.2, 0.25) is 0 Å². The van der Waals surface area contributed by atoms with E-state index in [9.17, 15) is 19.1 Å².